The van der Waals surface area contributed by atoms with Crippen molar-refractivity contribution in [1.82, 2.24) is 0 Å². The fourth-order valence-electron chi connectivity index (χ4n) is 3.52. The summed E-state index contributed by atoms with van der Waals surface area (Å²) < 4.78 is 10.8. The number of methoxy groups -OCH3 is 1. The molecular formula is C28H44O3. The van der Waals surface area contributed by atoms with Crippen LogP contribution in [-0.4, -0.2) is 19.5 Å². The Morgan fingerprint density at radius 2 is 1.39 bits per heavy atom. The summed E-state index contributed by atoms with van der Waals surface area (Å²) in [6.07, 6.45) is 18.2. The second-order valence-electron chi connectivity index (χ2n) is 8.37. The Bertz CT molecular complexity index is 609. The number of unbranched alkanes of at least 4 members (excludes halogenated alkanes) is 12. The molecule has 0 aliphatic carbocycles. The zero-order chi connectivity index (χ0) is 22.4. The molecule has 0 N–H and O–H groups in total. The van der Waals surface area contributed by atoms with Crippen LogP contribution >= 0.6 is 0 Å². The number of Topliss-reactive ketones (excluding diaryl/α,β-unsaturated/α-hetero) is 1. The molecule has 31 heavy (non-hydrogen) atoms. The highest BCUT2D eigenvalue weighted by Crippen LogP contribution is 2.13. The Hall–Kier alpha value is -1.79. The van der Waals surface area contributed by atoms with Gasteiger partial charge in [0.25, 0.3) is 0 Å². The molecule has 0 heterocycles. The molecule has 0 saturated heterocycles. The average molecular weight is 429 g/mol. The number of rotatable bonds is 19. The first-order chi connectivity index (χ1) is 15.3. The fraction of sp³-hybridized carbons (Fsp3) is 0.679. The highest BCUT2D eigenvalue weighted by atomic mass is 16.5. The lowest BCUT2D eigenvalue weighted by atomic mass is 10.0. The third kappa shape index (κ3) is 16.6. The van der Waals surface area contributed by atoms with Gasteiger partial charge in [-0.3, -0.25) is 4.79 Å². The quantitative estimate of drug-likeness (QED) is 0.129. The van der Waals surface area contributed by atoms with E-state index in [0.29, 0.717) is 19.6 Å². The SMILES string of the molecule is CCCCCCCCCCCCCCC#CC(=O)CCCOCc1ccc(OC)cc1. The summed E-state index contributed by atoms with van der Waals surface area (Å²) in [6.45, 7) is 3.41. The van der Waals surface area contributed by atoms with Crippen molar-refractivity contribution in [3.8, 4) is 17.6 Å². The Morgan fingerprint density at radius 1 is 0.806 bits per heavy atom. The summed E-state index contributed by atoms with van der Waals surface area (Å²) >= 11 is 0. The minimum atomic E-state index is 0.0342. The van der Waals surface area contributed by atoms with Gasteiger partial charge in [-0.15, -0.1) is 0 Å². The van der Waals surface area contributed by atoms with Gasteiger partial charge in [-0.05, 0) is 36.5 Å². The lowest BCUT2D eigenvalue weighted by Crippen LogP contribution is -2.00. The van der Waals surface area contributed by atoms with Crippen LogP contribution in [0.4, 0.5) is 0 Å². The van der Waals surface area contributed by atoms with Crippen LogP contribution in [0.1, 0.15) is 109 Å². The van der Waals surface area contributed by atoms with Gasteiger partial charge in [-0.1, -0.05) is 95.6 Å². The lowest BCUT2D eigenvalue weighted by molar-refractivity contribution is -0.114. The summed E-state index contributed by atoms with van der Waals surface area (Å²) in [4.78, 5) is 11.8. The van der Waals surface area contributed by atoms with E-state index in [4.69, 9.17) is 9.47 Å². The second-order valence-corrected chi connectivity index (χ2v) is 8.37. The average Bonchev–Trinajstić information content (AvgIpc) is 2.79. The van der Waals surface area contributed by atoms with E-state index in [1.807, 2.05) is 24.3 Å². The van der Waals surface area contributed by atoms with Crippen molar-refractivity contribution in [3.63, 3.8) is 0 Å². The van der Waals surface area contributed by atoms with Crippen LogP contribution in [0.5, 0.6) is 5.75 Å². The van der Waals surface area contributed by atoms with Crippen LogP contribution in [0, 0.1) is 11.8 Å². The first-order valence-corrected chi connectivity index (χ1v) is 12.5. The number of hydrogen-bond donors (Lipinski definition) is 0. The highest BCUT2D eigenvalue weighted by Gasteiger charge is 1.99. The fourth-order valence-corrected chi connectivity index (χ4v) is 3.52. The molecule has 174 valence electrons. The predicted molar refractivity (Wildman–Crippen MR) is 130 cm³/mol. The number of carbonyl (C=O) groups excluding carboxylic acids is 1. The smallest absolute Gasteiger partial charge is 0.205 e. The molecular weight excluding hydrogens is 384 g/mol. The maximum atomic E-state index is 11.8. The monoisotopic (exact) mass is 428 g/mol. The topological polar surface area (TPSA) is 35.5 Å². The van der Waals surface area contributed by atoms with Crippen molar-refractivity contribution in [2.75, 3.05) is 13.7 Å². The Labute approximate surface area is 191 Å². The van der Waals surface area contributed by atoms with Gasteiger partial charge in [0.15, 0.2) is 0 Å². The van der Waals surface area contributed by atoms with Crippen molar-refractivity contribution in [3.05, 3.63) is 29.8 Å². The van der Waals surface area contributed by atoms with Crippen molar-refractivity contribution in [2.24, 2.45) is 0 Å². The van der Waals surface area contributed by atoms with E-state index in [-0.39, 0.29) is 5.78 Å². The van der Waals surface area contributed by atoms with Gasteiger partial charge >= 0.3 is 0 Å². The molecule has 0 atom stereocenters. The normalized spacial score (nSPS) is 10.5. The van der Waals surface area contributed by atoms with Crippen molar-refractivity contribution < 1.29 is 14.3 Å². The Morgan fingerprint density at radius 3 is 1.97 bits per heavy atom. The molecule has 3 heteroatoms. The number of ether oxygens (including phenoxy) is 2. The van der Waals surface area contributed by atoms with Gasteiger partial charge in [0.2, 0.25) is 5.78 Å². The largest absolute Gasteiger partial charge is 0.497 e. The standard InChI is InChI=1S/C28H44O3/c1-3-4-5-6-7-8-9-10-11-12-13-14-15-16-18-27(29)19-17-24-31-25-26-20-22-28(30-2)23-21-26/h20-23H,3-15,17,19,24-25H2,1-2H3. The van der Waals surface area contributed by atoms with Gasteiger partial charge in [-0.2, -0.15) is 0 Å². The lowest BCUT2D eigenvalue weighted by Gasteiger charge is -2.04. The number of ketones is 1. The molecule has 0 aliphatic heterocycles. The number of benzene rings is 1. The maximum absolute atomic E-state index is 11.8. The van der Waals surface area contributed by atoms with Crippen molar-refractivity contribution in [1.29, 1.82) is 0 Å². The van der Waals surface area contributed by atoms with Crippen LogP contribution in [0.25, 0.3) is 0 Å². The van der Waals surface area contributed by atoms with E-state index in [1.165, 1.54) is 70.6 Å². The van der Waals surface area contributed by atoms with E-state index in [1.54, 1.807) is 7.11 Å². The van der Waals surface area contributed by atoms with E-state index in [0.717, 1.165) is 30.6 Å². The second kappa shape index (κ2) is 20.1. The summed E-state index contributed by atoms with van der Waals surface area (Å²) in [5.74, 6) is 6.71. The molecule has 0 spiro atoms. The molecule has 0 bridgehead atoms. The summed E-state index contributed by atoms with van der Waals surface area (Å²) in [7, 11) is 1.66. The minimum Gasteiger partial charge on any atom is -0.497 e. The first kappa shape index (κ1) is 27.2. The molecule has 0 amide bonds. The van der Waals surface area contributed by atoms with Gasteiger partial charge in [-0.25, -0.2) is 0 Å². The molecule has 0 aliphatic rings. The summed E-state index contributed by atoms with van der Waals surface area (Å²) in [6, 6.07) is 7.83. The third-order valence-electron chi connectivity index (χ3n) is 5.50. The molecule has 0 unspecified atom stereocenters. The molecule has 3 nitrogen and oxygen atoms in total. The summed E-state index contributed by atoms with van der Waals surface area (Å²) in [5, 5.41) is 0. The van der Waals surface area contributed by atoms with Crippen LogP contribution < -0.4 is 4.74 Å². The summed E-state index contributed by atoms with van der Waals surface area (Å²) in [5.41, 5.74) is 1.11. The van der Waals surface area contributed by atoms with E-state index in [9.17, 15) is 4.79 Å². The van der Waals surface area contributed by atoms with Crippen LogP contribution in [0.15, 0.2) is 24.3 Å². The minimum absolute atomic E-state index is 0.0342. The predicted octanol–water partition coefficient (Wildman–Crippen LogP) is 7.66. The Kier molecular flexibility index (Phi) is 17.7. The van der Waals surface area contributed by atoms with Crippen LogP contribution in [-0.2, 0) is 16.1 Å². The third-order valence-corrected chi connectivity index (χ3v) is 5.50. The van der Waals surface area contributed by atoms with Crippen LogP contribution in [0.3, 0.4) is 0 Å². The number of carbonyl (C=O) groups is 1. The zero-order valence-electron chi connectivity index (χ0n) is 20.1. The van der Waals surface area contributed by atoms with Gasteiger partial charge in [0, 0.05) is 19.4 Å². The maximum Gasteiger partial charge on any atom is 0.205 e. The van der Waals surface area contributed by atoms with Crippen LogP contribution in [0.2, 0.25) is 0 Å². The van der Waals surface area contributed by atoms with Gasteiger partial charge in [0.05, 0.1) is 13.7 Å². The first-order valence-electron chi connectivity index (χ1n) is 12.5. The van der Waals surface area contributed by atoms with Crippen molar-refractivity contribution in [2.45, 2.75) is 110 Å². The van der Waals surface area contributed by atoms with E-state index in [2.05, 4.69) is 18.8 Å². The molecule has 0 saturated carbocycles. The highest BCUT2D eigenvalue weighted by molar-refractivity contribution is 5.95. The molecule has 0 radical (unpaired) electrons. The van der Waals surface area contributed by atoms with Gasteiger partial charge < -0.3 is 9.47 Å². The Balaban J connectivity index is 1.88. The molecule has 0 aromatic heterocycles. The van der Waals surface area contributed by atoms with Gasteiger partial charge in [0.1, 0.15) is 5.75 Å². The molecule has 0 fully saturated rings. The van der Waals surface area contributed by atoms with E-state index >= 15 is 0 Å². The van der Waals surface area contributed by atoms with E-state index < -0.39 is 0 Å². The molecule has 1 rings (SSSR count). The molecule has 1 aromatic carbocycles. The molecule has 1 aromatic rings. The number of hydrogen-bond acceptors (Lipinski definition) is 3. The zero-order valence-corrected chi connectivity index (χ0v) is 20.1. The van der Waals surface area contributed by atoms with Crippen molar-refractivity contribution >= 4 is 5.78 Å².